The minimum Gasteiger partial charge on any atom is -0.354 e. The van der Waals surface area contributed by atoms with Gasteiger partial charge in [0.25, 0.3) is 0 Å². The molecule has 34 heavy (non-hydrogen) atoms. The molecule has 0 atom stereocenters. The van der Waals surface area contributed by atoms with E-state index in [1.54, 1.807) is 0 Å². The normalized spacial score (nSPS) is 14.1. The molecule has 158 valence electrons. The van der Waals surface area contributed by atoms with Crippen molar-refractivity contribution in [3.05, 3.63) is 144 Å². The summed E-state index contributed by atoms with van der Waals surface area (Å²) in [5, 5.41) is 8.02. The first-order valence-electron chi connectivity index (χ1n) is 11.9. The molecule has 6 aromatic carbocycles. The Bertz CT molecular complexity index is 1850. The third-order valence-electron chi connectivity index (χ3n) is 7.83. The van der Waals surface area contributed by atoms with Crippen LogP contribution in [0, 0.1) is 0 Å². The molecule has 7 aromatic rings. The highest BCUT2D eigenvalue weighted by Gasteiger charge is 2.45. The maximum atomic E-state index is 3.74. The Labute approximate surface area is 197 Å². The Hall–Kier alpha value is -4.36. The molecule has 0 unspecified atom stereocenters. The number of para-hydroxylation sites is 1. The predicted octanol–water partition coefficient (Wildman–Crippen LogP) is 8.32. The van der Waals surface area contributed by atoms with E-state index >= 15 is 0 Å². The number of hydrogen-bond donors (Lipinski definition) is 1. The largest absolute Gasteiger partial charge is 0.354 e. The molecule has 0 bridgehead atoms. The highest BCUT2D eigenvalue weighted by Crippen LogP contribution is 2.57. The Morgan fingerprint density at radius 2 is 1.15 bits per heavy atom. The molecule has 0 spiro atoms. The van der Waals surface area contributed by atoms with Gasteiger partial charge in [0, 0.05) is 21.8 Å². The Kier molecular flexibility index (Phi) is 3.39. The van der Waals surface area contributed by atoms with E-state index in [0.29, 0.717) is 0 Å². The van der Waals surface area contributed by atoms with Gasteiger partial charge in [0.1, 0.15) is 0 Å². The Morgan fingerprint density at radius 3 is 1.91 bits per heavy atom. The monoisotopic (exact) mass is 431 g/mol. The van der Waals surface area contributed by atoms with Crippen molar-refractivity contribution in [1.29, 1.82) is 0 Å². The highest BCUT2D eigenvalue weighted by atomic mass is 14.7. The van der Waals surface area contributed by atoms with Crippen LogP contribution in [0.2, 0.25) is 0 Å². The Morgan fingerprint density at radius 1 is 0.441 bits per heavy atom. The van der Waals surface area contributed by atoms with Gasteiger partial charge in [-0.1, -0.05) is 109 Å². The zero-order valence-corrected chi connectivity index (χ0v) is 18.5. The molecule has 0 amide bonds. The van der Waals surface area contributed by atoms with Crippen molar-refractivity contribution in [2.75, 3.05) is 0 Å². The lowest BCUT2D eigenvalue weighted by atomic mass is 9.67. The van der Waals surface area contributed by atoms with Gasteiger partial charge in [0.15, 0.2) is 0 Å². The van der Waals surface area contributed by atoms with Gasteiger partial charge in [-0.3, -0.25) is 0 Å². The van der Waals surface area contributed by atoms with E-state index in [2.05, 4.69) is 126 Å². The molecule has 1 aliphatic rings. The molecule has 0 fully saturated rings. The first-order chi connectivity index (χ1) is 16.9. The SMILES string of the molecule is c1ccc(C2(c3ccccc3)c3cccc4ccc5c(c2cc2[nH]c6ccccc6c25)c34)cc1. The summed E-state index contributed by atoms with van der Waals surface area (Å²) in [7, 11) is 0. The summed E-state index contributed by atoms with van der Waals surface area (Å²) in [6.07, 6.45) is 0. The topological polar surface area (TPSA) is 15.8 Å². The second-order valence-electron chi connectivity index (χ2n) is 9.39. The standard InChI is InChI=1S/C33H21N/c1-3-11-22(12-4-1)33(23-13-5-2-6-14-23)26-16-9-10-21-18-19-25-31-24-15-7-8-17-28(24)34-29(31)20-27(33)32(25)30(21)26/h1-20,34H. The third kappa shape index (κ3) is 2.06. The van der Waals surface area contributed by atoms with Crippen LogP contribution in [0.25, 0.3) is 43.4 Å². The fourth-order valence-electron chi connectivity index (χ4n) is 6.56. The summed E-state index contributed by atoms with van der Waals surface area (Å²) in [5.41, 5.74) is 7.38. The molecule has 1 heterocycles. The second kappa shape index (κ2) is 6.36. The fourth-order valence-corrected chi connectivity index (χ4v) is 6.56. The molecular formula is C33H21N. The van der Waals surface area contributed by atoms with Crippen LogP contribution in [0.1, 0.15) is 22.3 Å². The molecule has 0 saturated carbocycles. The van der Waals surface area contributed by atoms with Crippen LogP contribution in [0.5, 0.6) is 0 Å². The van der Waals surface area contributed by atoms with Crippen LogP contribution in [0.3, 0.4) is 0 Å². The lowest BCUT2D eigenvalue weighted by Crippen LogP contribution is -2.28. The van der Waals surface area contributed by atoms with Crippen molar-refractivity contribution >= 4 is 43.4 Å². The second-order valence-corrected chi connectivity index (χ2v) is 9.39. The lowest BCUT2D eigenvalue weighted by Gasteiger charge is -2.34. The molecular weight excluding hydrogens is 410 g/mol. The van der Waals surface area contributed by atoms with Gasteiger partial charge in [0.2, 0.25) is 0 Å². The van der Waals surface area contributed by atoms with E-state index in [1.165, 1.54) is 65.6 Å². The number of H-pyrrole nitrogens is 1. The lowest BCUT2D eigenvalue weighted by molar-refractivity contribution is 0.772. The van der Waals surface area contributed by atoms with Crippen LogP contribution in [-0.2, 0) is 5.41 Å². The van der Waals surface area contributed by atoms with Crippen LogP contribution < -0.4 is 0 Å². The van der Waals surface area contributed by atoms with Gasteiger partial charge in [0.05, 0.1) is 5.41 Å². The van der Waals surface area contributed by atoms with Gasteiger partial charge in [-0.15, -0.1) is 0 Å². The highest BCUT2D eigenvalue weighted by molar-refractivity contribution is 6.28. The summed E-state index contributed by atoms with van der Waals surface area (Å²) in [5.74, 6) is 0. The Balaban J connectivity index is 1.68. The van der Waals surface area contributed by atoms with E-state index in [-0.39, 0.29) is 5.41 Å². The number of aromatic amines is 1. The van der Waals surface area contributed by atoms with E-state index in [1.807, 2.05) is 0 Å². The molecule has 0 aliphatic heterocycles. The van der Waals surface area contributed by atoms with E-state index in [0.717, 1.165) is 0 Å². The average molecular weight is 432 g/mol. The summed E-state index contributed by atoms with van der Waals surface area (Å²) in [6.45, 7) is 0. The quantitative estimate of drug-likeness (QED) is 0.265. The smallest absolute Gasteiger partial charge is 0.0714 e. The minimum absolute atomic E-state index is 0.366. The number of benzene rings is 6. The minimum atomic E-state index is -0.366. The van der Waals surface area contributed by atoms with Crippen molar-refractivity contribution in [2.24, 2.45) is 0 Å². The van der Waals surface area contributed by atoms with E-state index < -0.39 is 0 Å². The van der Waals surface area contributed by atoms with Gasteiger partial charge in [-0.05, 0) is 55.9 Å². The van der Waals surface area contributed by atoms with Crippen molar-refractivity contribution in [1.82, 2.24) is 4.98 Å². The first kappa shape index (κ1) is 18.1. The van der Waals surface area contributed by atoms with Gasteiger partial charge in [-0.25, -0.2) is 0 Å². The molecule has 0 saturated heterocycles. The summed E-state index contributed by atoms with van der Waals surface area (Å²) in [6, 6.07) is 44.6. The predicted molar refractivity (Wildman–Crippen MR) is 143 cm³/mol. The number of aromatic nitrogens is 1. The summed E-state index contributed by atoms with van der Waals surface area (Å²) < 4.78 is 0. The van der Waals surface area contributed by atoms with E-state index in [4.69, 9.17) is 0 Å². The summed E-state index contributed by atoms with van der Waals surface area (Å²) >= 11 is 0. The first-order valence-corrected chi connectivity index (χ1v) is 11.9. The molecule has 1 aliphatic carbocycles. The van der Waals surface area contributed by atoms with Gasteiger partial charge < -0.3 is 4.98 Å². The summed E-state index contributed by atoms with van der Waals surface area (Å²) in [4.78, 5) is 3.74. The molecule has 1 nitrogen and oxygen atoms in total. The van der Waals surface area contributed by atoms with Crippen LogP contribution >= 0.6 is 0 Å². The molecule has 1 aromatic heterocycles. The molecule has 1 heteroatoms. The van der Waals surface area contributed by atoms with Gasteiger partial charge >= 0.3 is 0 Å². The average Bonchev–Trinajstić information content (AvgIpc) is 3.43. The van der Waals surface area contributed by atoms with E-state index in [9.17, 15) is 0 Å². The van der Waals surface area contributed by atoms with Crippen molar-refractivity contribution in [3.8, 4) is 0 Å². The van der Waals surface area contributed by atoms with Crippen molar-refractivity contribution in [3.63, 3.8) is 0 Å². The zero-order valence-electron chi connectivity index (χ0n) is 18.5. The number of fused-ring (bicyclic) bond motifs is 4. The zero-order chi connectivity index (χ0) is 22.3. The third-order valence-corrected chi connectivity index (χ3v) is 7.83. The van der Waals surface area contributed by atoms with Crippen LogP contribution in [0.15, 0.2) is 121 Å². The van der Waals surface area contributed by atoms with Gasteiger partial charge in [-0.2, -0.15) is 0 Å². The maximum absolute atomic E-state index is 3.74. The molecule has 8 rings (SSSR count). The van der Waals surface area contributed by atoms with Crippen molar-refractivity contribution < 1.29 is 0 Å². The number of rotatable bonds is 2. The van der Waals surface area contributed by atoms with Crippen molar-refractivity contribution in [2.45, 2.75) is 5.41 Å². The molecule has 0 radical (unpaired) electrons. The van der Waals surface area contributed by atoms with Crippen LogP contribution in [0.4, 0.5) is 0 Å². The fraction of sp³-hybridized carbons (Fsp3) is 0.0303. The number of hydrogen-bond acceptors (Lipinski definition) is 0. The van der Waals surface area contributed by atoms with Crippen LogP contribution in [-0.4, -0.2) is 4.98 Å². The number of nitrogens with one attached hydrogen (secondary N) is 1. The maximum Gasteiger partial charge on any atom is 0.0714 e. The molecule has 1 N–H and O–H groups in total.